The van der Waals surface area contributed by atoms with Gasteiger partial charge in [0.2, 0.25) is 10.0 Å². The molecule has 0 spiro atoms. The summed E-state index contributed by atoms with van der Waals surface area (Å²) in [7, 11) is -2.43. The highest BCUT2D eigenvalue weighted by atomic mass is 32.2. The zero-order chi connectivity index (χ0) is 22.9. The monoisotopic (exact) mass is 467 g/mol. The summed E-state index contributed by atoms with van der Waals surface area (Å²) in [5.41, 5.74) is 0.825. The smallest absolute Gasteiger partial charge is 0.371 e. The van der Waals surface area contributed by atoms with Crippen molar-refractivity contribution in [1.82, 2.24) is 19.3 Å². The molecule has 1 aliphatic heterocycles. The van der Waals surface area contributed by atoms with Crippen molar-refractivity contribution in [2.45, 2.75) is 30.3 Å². The van der Waals surface area contributed by atoms with Crippen LogP contribution in [0.5, 0.6) is 0 Å². The van der Waals surface area contributed by atoms with E-state index in [1.165, 1.54) is 31.4 Å². The van der Waals surface area contributed by atoms with Crippen molar-refractivity contribution in [3.63, 3.8) is 0 Å². The Hall–Kier alpha value is -2.96. The maximum Gasteiger partial charge on any atom is 0.416 e. The number of nitrogens with zero attached hydrogens (tertiary/aromatic N) is 3. The van der Waals surface area contributed by atoms with Gasteiger partial charge in [0, 0.05) is 24.5 Å². The van der Waals surface area contributed by atoms with Gasteiger partial charge in [-0.1, -0.05) is 12.1 Å². The molecular weight excluding hydrogens is 447 g/mol. The van der Waals surface area contributed by atoms with Crippen molar-refractivity contribution in [3.8, 4) is 11.3 Å². The first kappa shape index (κ1) is 22.2. The molecular formula is C20H20F3N5O3S. The third-order valence-corrected chi connectivity index (χ3v) is 6.29. The molecule has 1 aliphatic rings. The van der Waals surface area contributed by atoms with Gasteiger partial charge in [-0.25, -0.2) is 23.1 Å². The number of aromatic nitrogens is 3. The number of benzene rings is 1. The summed E-state index contributed by atoms with van der Waals surface area (Å²) < 4.78 is 72.1. The van der Waals surface area contributed by atoms with Crippen LogP contribution in [-0.4, -0.2) is 42.7 Å². The van der Waals surface area contributed by atoms with Gasteiger partial charge in [0.15, 0.2) is 0 Å². The Kier molecular flexibility index (Phi) is 5.93. The van der Waals surface area contributed by atoms with Crippen LogP contribution in [0.25, 0.3) is 11.3 Å². The fourth-order valence-electron chi connectivity index (χ4n) is 3.05. The van der Waals surface area contributed by atoms with Gasteiger partial charge < -0.3 is 14.6 Å². The molecule has 2 N–H and O–H groups in total. The Morgan fingerprint density at radius 3 is 2.56 bits per heavy atom. The van der Waals surface area contributed by atoms with E-state index in [0.717, 1.165) is 12.1 Å². The minimum absolute atomic E-state index is 0.0323. The van der Waals surface area contributed by atoms with E-state index in [2.05, 4.69) is 20.0 Å². The molecule has 0 radical (unpaired) electrons. The number of hydrogen-bond donors (Lipinski definition) is 2. The second-order valence-corrected chi connectivity index (χ2v) is 9.12. The highest BCUT2D eigenvalue weighted by Gasteiger charge is 2.30. The molecule has 12 heteroatoms. The van der Waals surface area contributed by atoms with Gasteiger partial charge in [-0.3, -0.25) is 0 Å². The molecule has 0 saturated carbocycles. The van der Waals surface area contributed by atoms with Crippen LogP contribution >= 0.6 is 0 Å². The minimum atomic E-state index is -4.40. The molecule has 1 fully saturated rings. The van der Waals surface area contributed by atoms with Crippen LogP contribution in [0.15, 0.2) is 53.9 Å². The Labute approximate surface area is 182 Å². The number of ether oxygens (including phenoxy) is 1. The van der Waals surface area contributed by atoms with E-state index in [-0.39, 0.29) is 17.5 Å². The standard InChI is InChI=1S/C20H20F3N5O3S/c1-24-32(29,30)16-6-17(18-10-28(12-27-18)9-15-11-31-15)19(26-8-16)25-7-13-2-4-14(5-3-13)20(21,22)23/h2-6,8,10,12,15,24H,7,9,11H2,1H3,(H,25,26)/t15-/m1/s1. The summed E-state index contributed by atoms with van der Waals surface area (Å²) in [4.78, 5) is 8.56. The largest absolute Gasteiger partial charge is 0.416 e. The van der Waals surface area contributed by atoms with Gasteiger partial charge in [-0.15, -0.1) is 0 Å². The van der Waals surface area contributed by atoms with Gasteiger partial charge in [-0.05, 0) is 30.8 Å². The lowest BCUT2D eigenvalue weighted by molar-refractivity contribution is -0.137. The summed E-state index contributed by atoms with van der Waals surface area (Å²) in [5.74, 6) is 0.355. The Balaban J connectivity index is 1.61. The van der Waals surface area contributed by atoms with Crippen molar-refractivity contribution in [2.24, 2.45) is 0 Å². The van der Waals surface area contributed by atoms with E-state index >= 15 is 0 Å². The highest BCUT2D eigenvalue weighted by molar-refractivity contribution is 7.89. The van der Waals surface area contributed by atoms with Crippen LogP contribution in [0.1, 0.15) is 11.1 Å². The van der Waals surface area contributed by atoms with E-state index in [1.807, 2.05) is 4.57 Å². The minimum Gasteiger partial charge on any atom is -0.371 e. The molecule has 170 valence electrons. The normalized spacial score (nSPS) is 16.2. The second-order valence-electron chi connectivity index (χ2n) is 7.23. The van der Waals surface area contributed by atoms with Crippen LogP contribution < -0.4 is 10.0 Å². The van der Waals surface area contributed by atoms with Crippen LogP contribution in [-0.2, 0) is 34.0 Å². The molecule has 3 aromatic rings. The SMILES string of the molecule is CNS(=O)(=O)c1cnc(NCc2ccc(C(F)(F)F)cc2)c(-c2cn(C[C@@H]3CO3)cn2)c1. The highest BCUT2D eigenvalue weighted by Crippen LogP contribution is 2.30. The van der Waals surface area contributed by atoms with Gasteiger partial charge in [-0.2, -0.15) is 13.2 Å². The van der Waals surface area contributed by atoms with Crippen molar-refractivity contribution in [3.05, 3.63) is 60.2 Å². The third kappa shape index (κ3) is 5.09. The van der Waals surface area contributed by atoms with E-state index in [4.69, 9.17) is 4.74 Å². The van der Waals surface area contributed by atoms with Gasteiger partial charge >= 0.3 is 6.18 Å². The predicted molar refractivity (Wildman–Crippen MR) is 110 cm³/mol. The summed E-state index contributed by atoms with van der Waals surface area (Å²) >= 11 is 0. The average Bonchev–Trinajstić information content (AvgIpc) is 3.46. The van der Waals surface area contributed by atoms with Crippen molar-refractivity contribution >= 4 is 15.8 Å². The molecule has 2 aromatic heterocycles. The van der Waals surface area contributed by atoms with Crippen molar-refractivity contribution in [1.29, 1.82) is 0 Å². The molecule has 1 aromatic carbocycles. The van der Waals surface area contributed by atoms with Crippen LogP contribution in [0.3, 0.4) is 0 Å². The van der Waals surface area contributed by atoms with E-state index < -0.39 is 21.8 Å². The number of pyridine rings is 1. The molecule has 3 heterocycles. The molecule has 8 nitrogen and oxygen atoms in total. The number of halogens is 3. The molecule has 1 atom stereocenters. The number of anilines is 1. The first-order valence-corrected chi connectivity index (χ1v) is 11.1. The number of alkyl halides is 3. The summed E-state index contributed by atoms with van der Waals surface area (Å²) in [6.45, 7) is 1.50. The van der Waals surface area contributed by atoms with Crippen LogP contribution in [0.4, 0.5) is 19.0 Å². The van der Waals surface area contributed by atoms with Gasteiger partial charge in [0.25, 0.3) is 0 Å². The fourth-order valence-corrected chi connectivity index (χ4v) is 3.75. The fraction of sp³-hybridized carbons (Fsp3) is 0.300. The zero-order valence-electron chi connectivity index (χ0n) is 16.9. The van der Waals surface area contributed by atoms with E-state index in [9.17, 15) is 21.6 Å². The molecule has 1 saturated heterocycles. The maximum atomic E-state index is 12.8. The molecule has 32 heavy (non-hydrogen) atoms. The summed E-state index contributed by atoms with van der Waals surface area (Å²) in [6.07, 6.45) is 0.329. The van der Waals surface area contributed by atoms with Gasteiger partial charge in [0.05, 0.1) is 36.8 Å². The molecule has 0 unspecified atom stereocenters. The number of imidazole rings is 1. The molecule has 0 bridgehead atoms. The zero-order valence-corrected chi connectivity index (χ0v) is 17.7. The van der Waals surface area contributed by atoms with Crippen molar-refractivity contribution < 1.29 is 26.3 Å². The van der Waals surface area contributed by atoms with Crippen molar-refractivity contribution in [2.75, 3.05) is 19.0 Å². The number of nitrogens with one attached hydrogen (secondary N) is 2. The number of rotatable bonds is 8. The first-order chi connectivity index (χ1) is 15.2. The lowest BCUT2D eigenvalue weighted by Gasteiger charge is -2.13. The first-order valence-electron chi connectivity index (χ1n) is 9.63. The van der Waals surface area contributed by atoms with E-state index in [0.29, 0.717) is 35.8 Å². The lowest BCUT2D eigenvalue weighted by Crippen LogP contribution is -2.19. The number of epoxide rings is 1. The topological polar surface area (TPSA) is 101 Å². The molecule has 4 rings (SSSR count). The molecule has 0 aliphatic carbocycles. The second kappa shape index (κ2) is 8.52. The number of sulfonamides is 1. The third-order valence-electron chi connectivity index (χ3n) is 4.91. The summed E-state index contributed by atoms with van der Waals surface area (Å²) in [6, 6.07) is 6.22. The van der Waals surface area contributed by atoms with E-state index in [1.54, 1.807) is 12.5 Å². The Morgan fingerprint density at radius 1 is 1.22 bits per heavy atom. The van der Waals surface area contributed by atoms with Crippen LogP contribution in [0.2, 0.25) is 0 Å². The average molecular weight is 467 g/mol. The Bertz CT molecular complexity index is 1210. The molecule has 0 amide bonds. The van der Waals surface area contributed by atoms with Crippen LogP contribution in [0, 0.1) is 0 Å². The Morgan fingerprint density at radius 2 is 1.94 bits per heavy atom. The quantitative estimate of drug-likeness (QED) is 0.494. The summed E-state index contributed by atoms with van der Waals surface area (Å²) in [5, 5.41) is 3.06. The number of hydrogen-bond acceptors (Lipinski definition) is 6. The predicted octanol–water partition coefficient (Wildman–Crippen LogP) is 2.88. The van der Waals surface area contributed by atoms with Gasteiger partial charge in [0.1, 0.15) is 10.7 Å². The maximum absolute atomic E-state index is 12.8. The lowest BCUT2D eigenvalue weighted by atomic mass is 10.1.